The number of hydrogen-bond acceptors (Lipinski definition) is 8. The van der Waals surface area contributed by atoms with Crippen molar-refractivity contribution in [2.45, 2.75) is 18.1 Å². The van der Waals surface area contributed by atoms with Crippen LogP contribution in [0.3, 0.4) is 0 Å². The van der Waals surface area contributed by atoms with Crippen LogP contribution in [-0.2, 0) is 0 Å². The van der Waals surface area contributed by atoms with Crippen LogP contribution in [0.15, 0.2) is 45.4 Å². The maximum Gasteiger partial charge on any atom is 0.276 e. The lowest BCUT2D eigenvalue weighted by molar-refractivity contribution is 0.0986. The zero-order valence-electron chi connectivity index (χ0n) is 14.4. The highest BCUT2D eigenvalue weighted by Gasteiger charge is 2.12. The van der Waals surface area contributed by atoms with E-state index in [9.17, 15) is 4.79 Å². The van der Waals surface area contributed by atoms with E-state index < -0.39 is 0 Å². The van der Waals surface area contributed by atoms with Gasteiger partial charge in [-0.25, -0.2) is 0 Å². The van der Waals surface area contributed by atoms with Crippen molar-refractivity contribution in [1.29, 1.82) is 0 Å². The molecule has 0 bridgehead atoms. The molecule has 0 aliphatic heterocycles. The molecular formula is C18H18N2O4S2. The van der Waals surface area contributed by atoms with Crippen molar-refractivity contribution >= 4 is 28.9 Å². The molecule has 2 aromatic heterocycles. The molecule has 0 aliphatic rings. The molecule has 2 heterocycles. The molecule has 0 radical (unpaired) electrons. The molecule has 0 unspecified atom stereocenters. The van der Waals surface area contributed by atoms with Crippen molar-refractivity contribution in [2.75, 3.05) is 20.0 Å². The fourth-order valence-electron chi connectivity index (χ4n) is 2.27. The summed E-state index contributed by atoms with van der Waals surface area (Å²) >= 11 is 2.92. The predicted molar refractivity (Wildman–Crippen MR) is 101 cm³/mol. The van der Waals surface area contributed by atoms with Gasteiger partial charge in [0.1, 0.15) is 11.5 Å². The molecule has 0 amide bonds. The second-order valence-corrected chi connectivity index (χ2v) is 7.32. The Morgan fingerprint density at radius 1 is 1.19 bits per heavy atom. The summed E-state index contributed by atoms with van der Waals surface area (Å²) in [4.78, 5) is 12.8. The Kier molecular flexibility index (Phi) is 6.30. The number of rotatable bonds is 9. The summed E-state index contributed by atoms with van der Waals surface area (Å²) in [5.41, 5.74) is 0.730. The third-order valence-corrected chi connectivity index (χ3v) is 5.39. The van der Waals surface area contributed by atoms with Gasteiger partial charge in [-0.05, 0) is 30.0 Å². The van der Waals surface area contributed by atoms with Gasteiger partial charge in [0, 0.05) is 23.8 Å². The molecule has 0 saturated carbocycles. The summed E-state index contributed by atoms with van der Waals surface area (Å²) in [5.74, 6) is 2.62. The van der Waals surface area contributed by atoms with E-state index >= 15 is 0 Å². The minimum Gasteiger partial charge on any atom is -0.497 e. The fourth-order valence-corrected chi connectivity index (χ4v) is 3.66. The molecule has 8 heteroatoms. The maximum absolute atomic E-state index is 12.0. The number of carbonyl (C=O) groups excluding carboxylic acids is 1. The summed E-state index contributed by atoms with van der Waals surface area (Å²) in [5, 5.41) is 10.5. The standard InChI is InChI=1S/C18H18N2O4S2/c1-22-13-9-12(10-14(11-13)23-2)17-19-20-18(24-17)26-8-3-5-15(21)16-6-4-7-25-16/h4,6-7,9-11H,3,5,8H2,1-2H3. The van der Waals surface area contributed by atoms with Gasteiger partial charge in [0.15, 0.2) is 5.78 Å². The topological polar surface area (TPSA) is 74.5 Å². The van der Waals surface area contributed by atoms with E-state index in [1.807, 2.05) is 29.6 Å². The molecule has 0 saturated heterocycles. The van der Waals surface area contributed by atoms with Crippen LogP contribution in [0, 0.1) is 0 Å². The number of aromatic nitrogens is 2. The first kappa shape index (κ1) is 18.5. The third kappa shape index (κ3) is 4.64. The van der Waals surface area contributed by atoms with Crippen LogP contribution in [0.25, 0.3) is 11.5 Å². The molecule has 0 fully saturated rings. The highest BCUT2D eigenvalue weighted by Crippen LogP contribution is 2.30. The largest absolute Gasteiger partial charge is 0.497 e. The number of thiophene rings is 1. The lowest BCUT2D eigenvalue weighted by Gasteiger charge is -2.05. The Labute approximate surface area is 159 Å². The minimum absolute atomic E-state index is 0.176. The molecular weight excluding hydrogens is 372 g/mol. The van der Waals surface area contributed by atoms with Gasteiger partial charge in [0.2, 0.25) is 5.89 Å². The van der Waals surface area contributed by atoms with E-state index in [0.717, 1.165) is 22.6 Å². The smallest absolute Gasteiger partial charge is 0.276 e. The normalized spacial score (nSPS) is 10.7. The van der Waals surface area contributed by atoms with Crippen molar-refractivity contribution in [1.82, 2.24) is 10.2 Å². The summed E-state index contributed by atoms with van der Waals surface area (Å²) < 4.78 is 16.2. The van der Waals surface area contributed by atoms with Gasteiger partial charge in [0.05, 0.1) is 19.1 Å². The van der Waals surface area contributed by atoms with Gasteiger partial charge in [-0.3, -0.25) is 4.79 Å². The van der Waals surface area contributed by atoms with Crippen molar-refractivity contribution < 1.29 is 18.7 Å². The number of methoxy groups -OCH3 is 2. The summed E-state index contributed by atoms with van der Waals surface area (Å²) in [7, 11) is 3.18. The Morgan fingerprint density at radius 2 is 1.96 bits per heavy atom. The van der Waals surface area contributed by atoms with Gasteiger partial charge in [0.25, 0.3) is 5.22 Å². The second-order valence-electron chi connectivity index (χ2n) is 5.33. The fraction of sp³-hybridized carbons (Fsp3) is 0.278. The number of ether oxygens (including phenoxy) is 2. The highest BCUT2D eigenvalue weighted by atomic mass is 32.2. The van der Waals surface area contributed by atoms with Crippen LogP contribution in [0.5, 0.6) is 11.5 Å². The molecule has 6 nitrogen and oxygen atoms in total. The van der Waals surface area contributed by atoms with Crippen molar-refractivity contribution in [3.8, 4) is 23.0 Å². The van der Waals surface area contributed by atoms with Gasteiger partial charge in [-0.15, -0.1) is 21.5 Å². The molecule has 26 heavy (non-hydrogen) atoms. The molecule has 136 valence electrons. The zero-order chi connectivity index (χ0) is 18.4. The third-order valence-electron chi connectivity index (χ3n) is 3.57. The summed E-state index contributed by atoms with van der Waals surface area (Å²) in [6.07, 6.45) is 1.27. The summed E-state index contributed by atoms with van der Waals surface area (Å²) in [6.45, 7) is 0. The first-order valence-electron chi connectivity index (χ1n) is 7.96. The molecule has 0 aliphatic carbocycles. The Bertz CT molecular complexity index is 840. The van der Waals surface area contributed by atoms with Crippen LogP contribution in [0.2, 0.25) is 0 Å². The Morgan fingerprint density at radius 3 is 2.62 bits per heavy atom. The average Bonchev–Trinajstić information content (AvgIpc) is 3.36. The lowest BCUT2D eigenvalue weighted by Crippen LogP contribution is -1.96. The maximum atomic E-state index is 12.0. The van der Waals surface area contributed by atoms with Crippen molar-refractivity contribution in [3.63, 3.8) is 0 Å². The number of Topliss-reactive ketones (excluding diaryl/α,β-unsaturated/α-hetero) is 1. The number of benzene rings is 1. The summed E-state index contributed by atoms with van der Waals surface area (Å²) in [6, 6.07) is 9.14. The van der Waals surface area contributed by atoms with E-state index in [2.05, 4.69) is 10.2 Å². The average molecular weight is 390 g/mol. The number of hydrogen-bond donors (Lipinski definition) is 0. The molecule has 0 N–H and O–H groups in total. The zero-order valence-corrected chi connectivity index (χ0v) is 16.1. The SMILES string of the molecule is COc1cc(OC)cc(-c2nnc(SCCCC(=O)c3cccs3)o2)c1. The molecule has 3 rings (SSSR count). The molecule has 3 aromatic rings. The molecule has 0 atom stereocenters. The number of nitrogens with zero attached hydrogens (tertiary/aromatic N) is 2. The van der Waals surface area contributed by atoms with Gasteiger partial charge < -0.3 is 13.9 Å². The molecule has 1 aromatic carbocycles. The Hall–Kier alpha value is -2.32. The van der Waals surface area contributed by atoms with E-state index in [4.69, 9.17) is 13.9 Å². The number of ketones is 1. The number of carbonyl (C=O) groups is 1. The minimum atomic E-state index is 0.176. The van der Waals surface area contributed by atoms with E-state index in [1.54, 1.807) is 20.3 Å². The first-order valence-corrected chi connectivity index (χ1v) is 9.82. The van der Waals surface area contributed by atoms with E-state index in [-0.39, 0.29) is 5.78 Å². The highest BCUT2D eigenvalue weighted by molar-refractivity contribution is 7.99. The first-order chi connectivity index (χ1) is 12.7. The molecule has 0 spiro atoms. The van der Waals surface area contributed by atoms with Crippen molar-refractivity contribution in [2.24, 2.45) is 0 Å². The monoisotopic (exact) mass is 390 g/mol. The Balaban J connectivity index is 1.56. The van der Waals surface area contributed by atoms with Gasteiger partial charge in [-0.1, -0.05) is 17.8 Å². The van der Waals surface area contributed by atoms with Crippen LogP contribution >= 0.6 is 23.1 Å². The van der Waals surface area contributed by atoms with E-state index in [0.29, 0.717) is 29.0 Å². The quantitative estimate of drug-likeness (QED) is 0.301. The predicted octanol–water partition coefficient (Wildman–Crippen LogP) is 4.57. The van der Waals surface area contributed by atoms with Gasteiger partial charge in [-0.2, -0.15) is 0 Å². The second kappa shape index (κ2) is 8.86. The van der Waals surface area contributed by atoms with Crippen LogP contribution < -0.4 is 9.47 Å². The van der Waals surface area contributed by atoms with Crippen LogP contribution in [-0.4, -0.2) is 36.0 Å². The van der Waals surface area contributed by atoms with Crippen LogP contribution in [0.4, 0.5) is 0 Å². The van der Waals surface area contributed by atoms with Gasteiger partial charge >= 0.3 is 0 Å². The van der Waals surface area contributed by atoms with Crippen molar-refractivity contribution in [3.05, 3.63) is 40.6 Å². The van der Waals surface area contributed by atoms with E-state index in [1.165, 1.54) is 23.1 Å². The lowest BCUT2D eigenvalue weighted by atomic mass is 10.2. The van der Waals surface area contributed by atoms with Crippen LogP contribution in [0.1, 0.15) is 22.5 Å². The number of thioether (sulfide) groups is 1.